The van der Waals surface area contributed by atoms with Crippen molar-refractivity contribution in [1.29, 1.82) is 0 Å². The molecule has 0 saturated carbocycles. The number of hydrogen-bond donors (Lipinski definition) is 0. The van der Waals surface area contributed by atoms with Gasteiger partial charge < -0.3 is 9.47 Å². The number of amides is 4. The Labute approximate surface area is 400 Å². The smallest absolute Gasteiger partial charge is 0.271 e. The first-order chi connectivity index (χ1) is 33.7. The summed E-state index contributed by atoms with van der Waals surface area (Å²) < 4.78 is 103. The number of hydrogen-bond acceptors (Lipinski definition) is 14. The van der Waals surface area contributed by atoms with Crippen molar-refractivity contribution >= 4 is 60.6 Å². The molecule has 10 rings (SSSR count). The number of benzene rings is 6. The van der Waals surface area contributed by atoms with Crippen molar-refractivity contribution in [2.24, 2.45) is 0 Å². The minimum Gasteiger partial charge on any atom is -0.484 e. The summed E-state index contributed by atoms with van der Waals surface area (Å²) in [5.74, 6) is -4.28. The second kappa shape index (κ2) is 19.6. The molecule has 2 unspecified atom stereocenters. The molecule has 1 fully saturated rings. The Morgan fingerprint density at radius 1 is 0.577 bits per heavy atom. The molecule has 0 spiro atoms. The number of sulfone groups is 1. The number of fused-ring (bicyclic) bond motifs is 3. The monoisotopic (exact) mass is 1010 g/mol. The number of imide groups is 2. The number of anilines is 1. The zero-order valence-electron chi connectivity index (χ0n) is 36.3. The van der Waals surface area contributed by atoms with E-state index in [0.29, 0.717) is 24.3 Å². The Hall–Kier alpha value is -8.35. The minimum absolute atomic E-state index is 0.0224. The fourth-order valence-corrected chi connectivity index (χ4v) is 10.4. The van der Waals surface area contributed by atoms with E-state index in [-0.39, 0.29) is 74.6 Å². The average Bonchev–Trinajstić information content (AvgIpc) is 4.11. The number of ether oxygens (including phenoxy) is 2. The van der Waals surface area contributed by atoms with Gasteiger partial charge in [-0.2, -0.15) is 0 Å². The molecule has 0 aliphatic carbocycles. The number of carbonyl (C=O) groups is 4. The molecule has 0 radical (unpaired) electrons. The summed E-state index contributed by atoms with van der Waals surface area (Å²) in [6.45, 7) is 0.430. The van der Waals surface area contributed by atoms with Gasteiger partial charge in [0.25, 0.3) is 45.0 Å². The van der Waals surface area contributed by atoms with Gasteiger partial charge in [0.15, 0.2) is 9.84 Å². The van der Waals surface area contributed by atoms with Crippen LogP contribution in [0.15, 0.2) is 143 Å². The quantitative estimate of drug-likeness (QED) is 0.0441. The van der Waals surface area contributed by atoms with Crippen molar-refractivity contribution in [3.63, 3.8) is 0 Å². The highest BCUT2D eigenvalue weighted by Gasteiger charge is 2.42. The van der Waals surface area contributed by atoms with Crippen LogP contribution < -0.4 is 9.04 Å². The molecule has 4 aliphatic heterocycles. The molecule has 6 aromatic rings. The average molecular weight is 1010 g/mol. The molecule has 0 aromatic heterocycles. The molecule has 0 bridgehead atoms. The lowest BCUT2D eigenvalue weighted by atomic mass is 10.1. The van der Waals surface area contributed by atoms with Crippen LogP contribution >= 0.6 is 0 Å². The van der Waals surface area contributed by atoms with E-state index in [9.17, 15) is 69.4 Å². The highest BCUT2D eigenvalue weighted by molar-refractivity contribution is 7.92. The fourth-order valence-electron chi connectivity index (χ4n) is 7.58. The van der Waals surface area contributed by atoms with Gasteiger partial charge in [-0.1, -0.05) is 24.3 Å². The van der Waals surface area contributed by atoms with Crippen molar-refractivity contribution in [3.05, 3.63) is 199 Å². The molecule has 364 valence electrons. The highest BCUT2D eigenvalue weighted by Crippen LogP contribution is 2.40. The Morgan fingerprint density at radius 3 is 1.48 bits per heavy atom. The first kappa shape index (κ1) is 49.1. The van der Waals surface area contributed by atoms with E-state index in [0.717, 1.165) is 88.1 Å². The molecule has 24 heteroatoms. The number of rotatable bonds is 11. The molecular formula is C47H34F3N5O14S2. The third kappa shape index (κ3) is 10.3. The molecule has 4 heterocycles. The van der Waals surface area contributed by atoms with Gasteiger partial charge in [0.05, 0.1) is 80.0 Å². The van der Waals surface area contributed by atoms with Gasteiger partial charge in [-0.3, -0.25) is 53.5 Å². The van der Waals surface area contributed by atoms with Crippen LogP contribution in [0.2, 0.25) is 0 Å². The van der Waals surface area contributed by atoms with Gasteiger partial charge >= 0.3 is 0 Å². The summed E-state index contributed by atoms with van der Waals surface area (Å²) in [4.78, 5) is 71.5. The lowest BCUT2D eigenvalue weighted by Gasteiger charge is -2.36. The van der Waals surface area contributed by atoms with E-state index in [1.165, 1.54) is 23.1 Å². The summed E-state index contributed by atoms with van der Waals surface area (Å²) in [6.07, 6.45) is -0.923. The van der Waals surface area contributed by atoms with Gasteiger partial charge in [0, 0.05) is 29.8 Å². The lowest BCUT2D eigenvalue weighted by Crippen LogP contribution is -2.49. The number of nitro benzene ring substituents is 2. The molecular weight excluding hydrogens is 980 g/mol. The minimum atomic E-state index is -4.31. The number of sulfonamides is 1. The number of epoxide rings is 1. The first-order valence-electron chi connectivity index (χ1n) is 20.9. The van der Waals surface area contributed by atoms with Gasteiger partial charge in [-0.15, -0.1) is 0 Å². The van der Waals surface area contributed by atoms with Gasteiger partial charge in [0.2, 0.25) is 0 Å². The molecule has 1 saturated heterocycles. The Morgan fingerprint density at radius 2 is 1.01 bits per heavy atom. The molecule has 4 aliphatic rings. The van der Waals surface area contributed by atoms with Crippen LogP contribution in [0, 0.1) is 37.7 Å². The summed E-state index contributed by atoms with van der Waals surface area (Å²) in [6, 6.07) is 27.5. The second-order valence-electron chi connectivity index (χ2n) is 15.9. The Bertz CT molecular complexity index is 3330. The van der Waals surface area contributed by atoms with Crippen molar-refractivity contribution in [2.75, 3.05) is 30.5 Å². The number of carbonyl (C=O) groups excluding carboxylic acids is 4. The van der Waals surface area contributed by atoms with Crippen LogP contribution in [-0.4, -0.2) is 98.6 Å². The predicted octanol–water partition coefficient (Wildman–Crippen LogP) is 6.51. The Balaban J connectivity index is 0.000000158. The van der Waals surface area contributed by atoms with Gasteiger partial charge in [-0.05, 0) is 84.9 Å². The summed E-state index contributed by atoms with van der Waals surface area (Å²) >= 11 is 0. The number of non-ortho nitro benzene ring substituents is 2. The summed E-state index contributed by atoms with van der Waals surface area (Å²) in [5.41, 5.74) is 0.327. The summed E-state index contributed by atoms with van der Waals surface area (Å²) in [7, 11) is -8.23. The zero-order valence-corrected chi connectivity index (χ0v) is 37.9. The van der Waals surface area contributed by atoms with Crippen molar-refractivity contribution in [2.45, 2.75) is 27.8 Å². The van der Waals surface area contributed by atoms with Gasteiger partial charge in [0.1, 0.15) is 35.0 Å². The van der Waals surface area contributed by atoms with E-state index < -0.39 is 76.5 Å². The molecule has 71 heavy (non-hydrogen) atoms. The van der Waals surface area contributed by atoms with Crippen molar-refractivity contribution in [1.82, 2.24) is 9.80 Å². The van der Waals surface area contributed by atoms with Crippen LogP contribution in [0.3, 0.4) is 0 Å². The van der Waals surface area contributed by atoms with Crippen LogP contribution in [0.1, 0.15) is 47.0 Å². The molecule has 2 atom stereocenters. The number of nitro groups is 2. The predicted molar refractivity (Wildman–Crippen MR) is 242 cm³/mol. The molecule has 19 nitrogen and oxygen atoms in total. The zero-order chi connectivity index (χ0) is 50.9. The lowest BCUT2D eigenvalue weighted by molar-refractivity contribution is -0.385. The topological polar surface area (TPSA) is 254 Å². The van der Waals surface area contributed by atoms with E-state index in [1.807, 2.05) is 0 Å². The highest BCUT2D eigenvalue weighted by atomic mass is 32.2. The van der Waals surface area contributed by atoms with Crippen LogP contribution in [0.5, 0.6) is 5.75 Å². The number of halogens is 3. The van der Waals surface area contributed by atoms with Crippen LogP contribution in [0.25, 0.3) is 0 Å². The maximum atomic E-state index is 13.6. The van der Waals surface area contributed by atoms with Gasteiger partial charge in [-0.25, -0.2) is 30.0 Å². The normalized spacial score (nSPS) is 16.7. The second-order valence-corrected chi connectivity index (χ2v) is 19.7. The number of nitrogens with zero attached hydrogens (tertiary/aromatic N) is 5. The largest absolute Gasteiger partial charge is 0.484 e. The standard InChI is InChI=1S/C23H16FN3O7S.C13H9F2NO4S.C11H9NO3/c24-14-5-8-17(9-6-14)35(32,33)26-13-16(34-21-10-7-15(27(30)31)11-20(21)26)12-25-22(28)18-3-1-2-4-19(18)23(25)29;14-10-1-4-12(5-2-10)21(19,20)8-9-7-11(16(17)18)3-6-13(9)15;13-10-8-3-1-2-4-9(8)11(14)12(10)5-7-6-15-7/h1-11,16H,12-13H2;1-7H,8H2;1-4,7H,5-6H2. The first-order valence-corrected chi connectivity index (χ1v) is 24.0. The third-order valence-electron chi connectivity index (χ3n) is 11.2. The molecule has 6 aromatic carbocycles. The SMILES string of the molecule is O=C1c2ccccc2C(=O)N1CC1CN(S(=O)(=O)c2ccc(F)cc2)c2cc([N+](=O)[O-])ccc2O1.O=C1c2ccccc2C(=O)N1CC1CO1.O=[N+]([O-])c1ccc(F)c(CS(=O)(=O)c2ccc(F)cc2)c1. The van der Waals surface area contributed by atoms with E-state index >= 15 is 0 Å². The maximum Gasteiger partial charge on any atom is 0.271 e. The van der Waals surface area contributed by atoms with Crippen LogP contribution in [-0.2, 0) is 30.4 Å². The third-order valence-corrected chi connectivity index (χ3v) is 14.7. The van der Waals surface area contributed by atoms with Crippen LogP contribution in [0.4, 0.5) is 30.2 Å². The Kier molecular flexibility index (Phi) is 13.5. The maximum absolute atomic E-state index is 13.6. The van der Waals surface area contributed by atoms with Crippen molar-refractivity contribution < 1.29 is 68.5 Å². The molecule has 4 amide bonds. The molecule has 0 N–H and O–H groups in total. The van der Waals surface area contributed by atoms with E-state index in [4.69, 9.17) is 9.47 Å². The van der Waals surface area contributed by atoms with Crippen molar-refractivity contribution in [3.8, 4) is 5.75 Å². The fraction of sp³-hybridized carbons (Fsp3) is 0.149. The van der Waals surface area contributed by atoms with E-state index in [1.54, 1.807) is 36.4 Å². The summed E-state index contributed by atoms with van der Waals surface area (Å²) in [5, 5.41) is 21.9. The van der Waals surface area contributed by atoms with E-state index in [2.05, 4.69) is 0 Å².